The number of benzene rings is 3. The zero-order valence-electron chi connectivity index (χ0n) is 26.5. The van der Waals surface area contributed by atoms with E-state index in [1.807, 2.05) is 51.1 Å². The first kappa shape index (κ1) is 34.6. The molecule has 0 amide bonds. The number of aromatic nitrogens is 1. The number of quaternary nitrogens is 1. The fourth-order valence-corrected chi connectivity index (χ4v) is 9.94. The van der Waals surface area contributed by atoms with Crippen LogP contribution in [0.25, 0.3) is 27.1 Å². The number of hydrogen-bond donors (Lipinski definition) is 1. The van der Waals surface area contributed by atoms with Crippen LogP contribution >= 0.6 is 23.1 Å². The monoisotopic (exact) mass is 707 g/mol. The van der Waals surface area contributed by atoms with Crippen molar-refractivity contribution < 1.29 is 39.6 Å². The van der Waals surface area contributed by atoms with Gasteiger partial charge in [0.15, 0.2) is 6.54 Å². The number of hydrogen-bond acceptors (Lipinski definition) is 9. The molecule has 1 aliphatic heterocycles. The van der Waals surface area contributed by atoms with Gasteiger partial charge in [-0.25, -0.2) is 0 Å². The number of hydroxylamine groups is 3. The predicted octanol–water partition coefficient (Wildman–Crippen LogP) is 6.07. The molecule has 1 N–H and O–H groups in total. The highest BCUT2D eigenvalue weighted by atomic mass is 32.2. The highest BCUT2D eigenvalue weighted by Gasteiger charge is 2.33. The number of anilines is 1. The molecule has 248 valence electrons. The van der Waals surface area contributed by atoms with E-state index >= 15 is 0 Å². The molecule has 10 nitrogen and oxygen atoms in total. The zero-order chi connectivity index (χ0) is 33.1. The first-order valence-electron chi connectivity index (χ1n) is 15.4. The van der Waals surface area contributed by atoms with Gasteiger partial charge in [-0.2, -0.15) is 26.0 Å². The van der Waals surface area contributed by atoms with Crippen LogP contribution in [0.3, 0.4) is 0 Å². The molecule has 5 rings (SSSR count). The predicted molar refractivity (Wildman–Crippen MR) is 186 cm³/mol. The van der Waals surface area contributed by atoms with Gasteiger partial charge in [0.25, 0.3) is 15.1 Å². The first-order valence-corrected chi connectivity index (χ1v) is 20.2. The summed E-state index contributed by atoms with van der Waals surface area (Å²) in [6.07, 6.45) is 2.68. The third-order valence-electron chi connectivity index (χ3n) is 8.36. The Morgan fingerprint density at radius 1 is 0.957 bits per heavy atom. The number of fused-ring (bicyclic) bond motifs is 4. The molecular weight excluding hydrogens is 667 g/mol. The van der Waals surface area contributed by atoms with Crippen LogP contribution in [0, 0.1) is 0 Å². The largest absolute Gasteiger partial charge is 0.497 e. The average Bonchev–Trinajstić information content (AvgIpc) is 3.56. The van der Waals surface area contributed by atoms with Crippen molar-refractivity contribution in [3.8, 4) is 5.75 Å². The van der Waals surface area contributed by atoms with Crippen LogP contribution in [-0.2, 0) is 31.1 Å². The quantitative estimate of drug-likeness (QED) is 0.0681. The van der Waals surface area contributed by atoms with Crippen molar-refractivity contribution in [2.24, 2.45) is 0 Å². The van der Waals surface area contributed by atoms with Crippen LogP contribution in [-0.4, -0.2) is 70.8 Å². The van der Waals surface area contributed by atoms with Gasteiger partial charge in [0.2, 0.25) is 5.52 Å². The van der Waals surface area contributed by atoms with Crippen LogP contribution in [0.15, 0.2) is 64.5 Å². The lowest BCUT2D eigenvalue weighted by Gasteiger charge is -2.30. The summed E-state index contributed by atoms with van der Waals surface area (Å²) in [5.74, 6) is 0.226. The molecule has 0 saturated heterocycles. The van der Waals surface area contributed by atoms with Crippen molar-refractivity contribution in [3.05, 3.63) is 64.6 Å². The van der Waals surface area contributed by atoms with E-state index in [9.17, 15) is 21.4 Å². The minimum absolute atomic E-state index is 0.0643. The van der Waals surface area contributed by atoms with Gasteiger partial charge < -0.3 is 9.64 Å². The van der Waals surface area contributed by atoms with E-state index in [-0.39, 0.29) is 22.6 Å². The number of methoxy groups -OCH3 is 1. The van der Waals surface area contributed by atoms with Crippen molar-refractivity contribution in [2.45, 2.75) is 45.1 Å². The van der Waals surface area contributed by atoms with Gasteiger partial charge in [0.1, 0.15) is 30.1 Å². The lowest BCUT2D eigenvalue weighted by Crippen LogP contribution is -2.49. The fraction of sp³-hybridized carbons (Fsp3) is 0.406. The molecular formula is C32H41N3O7S4+2. The van der Waals surface area contributed by atoms with Crippen molar-refractivity contribution in [1.82, 2.24) is 0 Å². The summed E-state index contributed by atoms with van der Waals surface area (Å²) in [6, 6.07) is 18.2. The van der Waals surface area contributed by atoms with Crippen molar-refractivity contribution in [1.29, 1.82) is 0 Å². The van der Waals surface area contributed by atoms with Gasteiger partial charge in [0.05, 0.1) is 40.8 Å². The lowest BCUT2D eigenvalue weighted by molar-refractivity contribution is -1.08. The second kappa shape index (κ2) is 14.2. The number of aryl methyl sites for hydroxylation is 1. The van der Waals surface area contributed by atoms with E-state index in [2.05, 4.69) is 39.8 Å². The van der Waals surface area contributed by atoms with E-state index in [0.717, 1.165) is 41.6 Å². The van der Waals surface area contributed by atoms with Crippen LogP contribution in [0.2, 0.25) is 0 Å². The molecule has 0 atom stereocenters. The molecule has 0 spiro atoms. The minimum atomic E-state index is -4.11. The molecule has 2 heterocycles. The fourth-order valence-electron chi connectivity index (χ4n) is 5.77. The molecule has 3 aromatic carbocycles. The molecule has 1 aromatic heterocycles. The minimum Gasteiger partial charge on any atom is -0.497 e. The molecule has 0 aliphatic carbocycles. The molecule has 0 unspecified atom stereocenters. The van der Waals surface area contributed by atoms with Crippen LogP contribution in [0.1, 0.15) is 38.6 Å². The standard InChI is InChI=1S/C32H40N3O7S4/c1-5-35(6-2,7-3)42-46(39,40)21-11-19-34-31(44-29-16-14-24-12-8-9-13-26(24)32(29)34)23-30-33(18-10-20-45(36,37)38)27-22-25(41-4)15-17-28(27)43-30/h8-9,12-17,22-23H,5-7,10-11,18-21H2,1-4H3/q+1/p+1. The summed E-state index contributed by atoms with van der Waals surface area (Å²) < 4.78 is 73.2. The van der Waals surface area contributed by atoms with Crippen molar-refractivity contribution in [2.75, 3.05) is 49.7 Å². The van der Waals surface area contributed by atoms with Gasteiger partial charge in [0, 0.05) is 23.9 Å². The molecule has 14 heteroatoms. The Balaban J connectivity index is 1.53. The van der Waals surface area contributed by atoms with E-state index in [4.69, 9.17) is 9.02 Å². The highest BCUT2D eigenvalue weighted by Crippen LogP contribution is 2.48. The topological polar surface area (TPSA) is 114 Å². The number of thioether (sulfide) groups is 1. The first-order chi connectivity index (χ1) is 21.9. The van der Waals surface area contributed by atoms with Gasteiger partial charge in [-0.15, -0.1) is 0 Å². The SMILES string of the molecule is CC[N+](CC)(CC)OS(=O)(=O)CCC[n+]1c(C=C2Sc3ccc(OC)cc3N2CCCS(=O)(=O)O)sc2ccc3ccccc3c21. The van der Waals surface area contributed by atoms with Gasteiger partial charge >= 0.3 is 10.1 Å². The molecule has 4 aromatic rings. The Hall–Kier alpha value is -2.72. The Labute approximate surface area is 279 Å². The van der Waals surface area contributed by atoms with E-state index in [0.29, 0.717) is 44.9 Å². The Bertz CT molecular complexity index is 1960. The third-order valence-corrected chi connectivity index (χ3v) is 12.7. The van der Waals surface area contributed by atoms with E-state index in [1.54, 1.807) is 30.2 Å². The summed E-state index contributed by atoms with van der Waals surface area (Å²) >= 11 is 3.20. The summed E-state index contributed by atoms with van der Waals surface area (Å²) in [5.41, 5.74) is 1.94. The summed E-state index contributed by atoms with van der Waals surface area (Å²) in [7, 11) is -6.29. The van der Waals surface area contributed by atoms with Gasteiger partial charge in [-0.1, -0.05) is 51.6 Å². The van der Waals surface area contributed by atoms with Crippen molar-refractivity contribution >= 4 is 76.1 Å². The van der Waals surface area contributed by atoms with Crippen LogP contribution in [0.5, 0.6) is 5.75 Å². The van der Waals surface area contributed by atoms with Crippen LogP contribution in [0.4, 0.5) is 5.69 Å². The average molecular weight is 708 g/mol. The van der Waals surface area contributed by atoms with Gasteiger partial charge in [-0.05, 0) is 56.8 Å². The smallest absolute Gasteiger partial charge is 0.314 e. The molecule has 46 heavy (non-hydrogen) atoms. The zero-order valence-corrected chi connectivity index (χ0v) is 29.8. The highest BCUT2D eigenvalue weighted by molar-refractivity contribution is 8.04. The third kappa shape index (κ3) is 7.70. The number of ether oxygens (including phenoxy) is 1. The number of thiazole rings is 1. The molecule has 0 bridgehead atoms. The van der Waals surface area contributed by atoms with E-state index in [1.165, 1.54) is 0 Å². The maximum absolute atomic E-state index is 13.1. The van der Waals surface area contributed by atoms with E-state index < -0.39 is 20.2 Å². The maximum Gasteiger partial charge on any atom is 0.314 e. The van der Waals surface area contributed by atoms with Crippen molar-refractivity contribution in [3.63, 3.8) is 0 Å². The Morgan fingerprint density at radius 2 is 1.70 bits per heavy atom. The summed E-state index contributed by atoms with van der Waals surface area (Å²) in [6.45, 7) is 8.31. The summed E-state index contributed by atoms with van der Waals surface area (Å²) in [4.78, 5) is 3.06. The lowest BCUT2D eigenvalue weighted by atomic mass is 10.1. The molecule has 0 radical (unpaired) electrons. The summed E-state index contributed by atoms with van der Waals surface area (Å²) in [5, 5.41) is 4.01. The Morgan fingerprint density at radius 3 is 2.39 bits per heavy atom. The number of nitrogens with zero attached hydrogens (tertiary/aromatic N) is 3. The second-order valence-corrected chi connectivity index (χ2v) is 16.5. The molecule has 0 saturated carbocycles. The number of rotatable bonds is 15. The Kier molecular flexibility index (Phi) is 10.7. The molecule has 1 aliphatic rings. The maximum atomic E-state index is 13.1. The molecule has 0 fully saturated rings. The second-order valence-electron chi connectivity index (χ2n) is 11.1. The van der Waals surface area contributed by atoms with Gasteiger partial charge in [-0.3, -0.25) is 4.55 Å². The van der Waals surface area contributed by atoms with Crippen LogP contribution < -0.4 is 14.2 Å². The normalized spacial score (nSPS) is 14.9.